The maximum atomic E-state index is 13.8. The van der Waals surface area contributed by atoms with Gasteiger partial charge in [0.15, 0.2) is 5.72 Å². The van der Waals surface area contributed by atoms with Gasteiger partial charge in [0.05, 0.1) is 22.2 Å². The summed E-state index contributed by atoms with van der Waals surface area (Å²) >= 11 is 1.51. The molecule has 0 saturated carbocycles. The maximum absolute atomic E-state index is 13.8. The summed E-state index contributed by atoms with van der Waals surface area (Å²) in [6.07, 6.45) is 0.127. The van der Waals surface area contributed by atoms with Crippen molar-refractivity contribution >= 4 is 35.0 Å². The van der Waals surface area contributed by atoms with Gasteiger partial charge in [-0.2, -0.15) is 0 Å². The first-order valence-electron chi connectivity index (χ1n) is 14.3. The Bertz CT molecular complexity index is 1290. The highest BCUT2D eigenvalue weighted by atomic mass is 32.1. The molecule has 1 aromatic carbocycles. The van der Waals surface area contributed by atoms with Crippen molar-refractivity contribution in [3.05, 3.63) is 41.0 Å². The number of carbonyl (C=O) groups is 4. The minimum Gasteiger partial charge on any atom is -0.391 e. The summed E-state index contributed by atoms with van der Waals surface area (Å²) < 4.78 is 0. The highest BCUT2D eigenvalue weighted by Gasteiger charge is 2.45. The van der Waals surface area contributed by atoms with Crippen LogP contribution in [-0.4, -0.2) is 86.7 Å². The van der Waals surface area contributed by atoms with Crippen LogP contribution in [-0.2, 0) is 24.9 Å². The lowest BCUT2D eigenvalue weighted by atomic mass is 9.85. The smallest absolute Gasteiger partial charge is 0.246 e. The molecule has 43 heavy (non-hydrogen) atoms. The number of rotatable bonds is 12. The highest BCUT2D eigenvalue weighted by Crippen LogP contribution is 2.30. The predicted octanol–water partition coefficient (Wildman–Crippen LogP) is 1.17. The SMILES string of the molecule is Cc1ncsc1-c1ccc(C(C)(O)NC(=O)[C@@H]2C[C@@H](O)CN2C(=O)[C@@H](NC(=O)CCCCNC(=O)CO)C(C)(C)C)cc1. The number of hydrogen-bond acceptors (Lipinski definition) is 9. The van der Waals surface area contributed by atoms with Crippen LogP contribution >= 0.6 is 11.3 Å². The second-order valence-electron chi connectivity index (χ2n) is 12.1. The third-order valence-electron chi connectivity index (χ3n) is 7.40. The van der Waals surface area contributed by atoms with E-state index in [1.54, 1.807) is 38.4 Å². The largest absolute Gasteiger partial charge is 0.391 e. The lowest BCUT2D eigenvalue weighted by Gasteiger charge is -2.36. The van der Waals surface area contributed by atoms with Crippen LogP contribution in [0.2, 0.25) is 0 Å². The minimum absolute atomic E-state index is 0.0123. The number of hydrogen-bond donors (Lipinski definition) is 6. The van der Waals surface area contributed by atoms with Crippen LogP contribution in [0.4, 0.5) is 0 Å². The van der Waals surface area contributed by atoms with Crippen molar-refractivity contribution in [3.63, 3.8) is 0 Å². The van der Waals surface area contributed by atoms with Crippen LogP contribution in [0.5, 0.6) is 0 Å². The van der Waals surface area contributed by atoms with E-state index < -0.39 is 53.7 Å². The molecule has 1 aliphatic rings. The summed E-state index contributed by atoms with van der Waals surface area (Å²) in [6, 6.07) is 5.09. The number of β-amino-alcohol motifs (C(OH)–C–C–N with tert-alkyl or cyclic N) is 1. The minimum atomic E-state index is -1.76. The van der Waals surface area contributed by atoms with Gasteiger partial charge in [-0.3, -0.25) is 19.2 Å². The maximum Gasteiger partial charge on any atom is 0.246 e. The van der Waals surface area contributed by atoms with Crippen LogP contribution in [0.1, 0.15) is 64.6 Å². The molecule has 1 fully saturated rings. The van der Waals surface area contributed by atoms with E-state index in [4.69, 9.17) is 5.11 Å². The second kappa shape index (κ2) is 14.4. The van der Waals surface area contributed by atoms with E-state index in [-0.39, 0.29) is 25.3 Å². The Morgan fingerprint density at radius 1 is 1.09 bits per heavy atom. The van der Waals surface area contributed by atoms with Crippen molar-refractivity contribution in [3.8, 4) is 10.4 Å². The predicted molar refractivity (Wildman–Crippen MR) is 161 cm³/mol. The number of likely N-dealkylation sites (tertiary alicyclic amines) is 1. The fraction of sp³-hybridized carbons (Fsp3) is 0.567. The number of unbranched alkanes of at least 4 members (excludes halogenated alkanes) is 1. The summed E-state index contributed by atoms with van der Waals surface area (Å²) in [5.41, 5.74) is 1.58. The molecule has 1 saturated heterocycles. The zero-order valence-corrected chi connectivity index (χ0v) is 26.2. The highest BCUT2D eigenvalue weighted by molar-refractivity contribution is 7.13. The fourth-order valence-electron chi connectivity index (χ4n) is 4.97. The molecular weight excluding hydrogens is 574 g/mol. The summed E-state index contributed by atoms with van der Waals surface area (Å²) in [5.74, 6) is -1.98. The summed E-state index contributed by atoms with van der Waals surface area (Å²) in [7, 11) is 0. The van der Waals surface area contributed by atoms with E-state index >= 15 is 0 Å². The number of thiazole rings is 1. The molecule has 12 nitrogen and oxygen atoms in total. The number of nitrogens with one attached hydrogen (secondary N) is 3. The molecule has 1 unspecified atom stereocenters. The van der Waals surface area contributed by atoms with Gasteiger partial charge in [0.25, 0.3) is 0 Å². The number of amides is 4. The number of carbonyl (C=O) groups excluding carboxylic acids is 4. The van der Waals surface area contributed by atoms with Crippen molar-refractivity contribution in [2.24, 2.45) is 5.41 Å². The lowest BCUT2D eigenvalue weighted by molar-refractivity contribution is -0.146. The number of benzene rings is 1. The Kier molecular flexibility index (Phi) is 11.4. The molecule has 2 aromatic rings. The zero-order valence-electron chi connectivity index (χ0n) is 25.3. The van der Waals surface area contributed by atoms with Crippen LogP contribution in [0.3, 0.4) is 0 Å². The summed E-state index contributed by atoms with van der Waals surface area (Å²) in [5, 5.41) is 38.3. The molecule has 1 aliphatic heterocycles. The number of aromatic nitrogens is 1. The zero-order chi connectivity index (χ0) is 31.9. The molecule has 0 radical (unpaired) electrons. The molecule has 0 bridgehead atoms. The molecule has 4 atom stereocenters. The van der Waals surface area contributed by atoms with E-state index in [0.717, 1.165) is 16.1 Å². The Labute approximate surface area is 255 Å². The molecule has 2 heterocycles. The van der Waals surface area contributed by atoms with Gasteiger partial charge in [0.2, 0.25) is 23.6 Å². The Morgan fingerprint density at radius 2 is 1.77 bits per heavy atom. The number of nitrogens with zero attached hydrogens (tertiary/aromatic N) is 2. The van der Waals surface area contributed by atoms with E-state index in [2.05, 4.69) is 20.9 Å². The van der Waals surface area contributed by atoms with Gasteiger partial charge in [-0.25, -0.2) is 4.98 Å². The first kappa shape index (κ1) is 34.1. The first-order valence-corrected chi connectivity index (χ1v) is 15.2. The van der Waals surface area contributed by atoms with Gasteiger partial charge in [-0.05, 0) is 37.7 Å². The first-order chi connectivity index (χ1) is 20.1. The fourth-order valence-corrected chi connectivity index (χ4v) is 5.78. The number of aryl methyl sites for hydroxylation is 1. The quantitative estimate of drug-likeness (QED) is 0.152. The van der Waals surface area contributed by atoms with Crippen molar-refractivity contribution in [2.75, 3.05) is 19.7 Å². The molecule has 13 heteroatoms. The molecule has 1 aromatic heterocycles. The van der Waals surface area contributed by atoms with E-state index in [1.807, 2.05) is 19.1 Å². The van der Waals surface area contributed by atoms with Gasteiger partial charge in [0, 0.05) is 31.5 Å². The average Bonchev–Trinajstić information content (AvgIpc) is 3.55. The number of aliphatic hydroxyl groups excluding tert-OH is 2. The molecule has 0 spiro atoms. The molecular formula is C30H43N5O7S. The van der Waals surface area contributed by atoms with E-state index in [1.165, 1.54) is 23.2 Å². The van der Waals surface area contributed by atoms with Crippen LogP contribution < -0.4 is 16.0 Å². The molecule has 236 valence electrons. The van der Waals surface area contributed by atoms with Crippen LogP contribution in [0.15, 0.2) is 29.8 Å². The average molecular weight is 618 g/mol. The normalized spacial score (nSPS) is 18.9. The van der Waals surface area contributed by atoms with Crippen molar-refractivity contribution in [1.29, 1.82) is 0 Å². The van der Waals surface area contributed by atoms with E-state index in [0.29, 0.717) is 24.9 Å². The Hall–Kier alpha value is -3.39. The van der Waals surface area contributed by atoms with Gasteiger partial charge in [-0.1, -0.05) is 45.0 Å². The molecule has 4 amide bonds. The van der Waals surface area contributed by atoms with Crippen molar-refractivity contribution < 1.29 is 34.5 Å². The third-order valence-corrected chi connectivity index (χ3v) is 8.38. The Morgan fingerprint density at radius 3 is 2.35 bits per heavy atom. The second-order valence-corrected chi connectivity index (χ2v) is 13.0. The molecule has 3 rings (SSSR count). The number of aliphatic hydroxyl groups is 3. The standard InChI is InChI=1S/C30H43N5O7S/c1-18-25(43-17-32-18)19-9-11-20(12-10-19)30(5,42)34-27(40)22-14-21(37)15-35(22)28(41)26(29(2,3)4)33-23(38)8-6-7-13-31-24(39)16-36/h9-12,17,21-22,26,36-37,42H,6-8,13-16H2,1-5H3,(H,31,39)(H,33,38)(H,34,40)/t21-,22+,26-,30?/m1/s1. The van der Waals surface area contributed by atoms with Crippen molar-refractivity contribution in [1.82, 2.24) is 25.8 Å². The topological polar surface area (TPSA) is 181 Å². The monoisotopic (exact) mass is 617 g/mol. The van der Waals surface area contributed by atoms with Crippen molar-refractivity contribution in [2.45, 2.75) is 84.2 Å². The van der Waals surface area contributed by atoms with Gasteiger partial charge >= 0.3 is 0 Å². The molecule has 0 aliphatic carbocycles. The van der Waals surface area contributed by atoms with E-state index in [9.17, 15) is 29.4 Å². The summed E-state index contributed by atoms with van der Waals surface area (Å²) in [6.45, 7) is 8.38. The van der Waals surface area contributed by atoms with Gasteiger partial charge < -0.3 is 36.2 Å². The summed E-state index contributed by atoms with van der Waals surface area (Å²) in [4.78, 5) is 57.6. The molecule has 6 N–H and O–H groups in total. The van der Waals surface area contributed by atoms with Gasteiger partial charge in [-0.15, -0.1) is 11.3 Å². The lowest BCUT2D eigenvalue weighted by Crippen LogP contribution is -2.59. The van der Waals surface area contributed by atoms with Crippen LogP contribution in [0.25, 0.3) is 10.4 Å². The Balaban J connectivity index is 1.67. The third kappa shape index (κ3) is 9.05. The van der Waals surface area contributed by atoms with Gasteiger partial charge in [0.1, 0.15) is 18.7 Å². The van der Waals surface area contributed by atoms with Crippen LogP contribution in [0, 0.1) is 12.3 Å².